The van der Waals surface area contributed by atoms with E-state index in [1.54, 1.807) is 0 Å². The van der Waals surface area contributed by atoms with Gasteiger partial charge >= 0.3 is 0 Å². The van der Waals surface area contributed by atoms with E-state index in [1.165, 1.54) is 19.3 Å². The number of hydrogen-bond donors (Lipinski definition) is 2. The number of piperazine rings is 1. The first-order valence-corrected chi connectivity index (χ1v) is 9.66. The lowest BCUT2D eigenvalue weighted by Gasteiger charge is -2.36. The topological polar surface area (TPSA) is 61.4 Å². The first-order chi connectivity index (χ1) is 11.4. The molecule has 0 unspecified atom stereocenters. The van der Waals surface area contributed by atoms with Crippen molar-refractivity contribution >= 4 is 11.8 Å². The maximum absolute atomic E-state index is 13.0. The molecule has 0 aromatic rings. The normalized spacial score (nSPS) is 21.4. The maximum Gasteiger partial charge on any atom is 0.245 e. The van der Waals surface area contributed by atoms with Crippen LogP contribution in [-0.4, -0.2) is 48.9 Å². The number of amides is 2. The third-order valence-corrected chi connectivity index (χ3v) is 5.23. The van der Waals surface area contributed by atoms with Gasteiger partial charge in [-0.3, -0.25) is 9.59 Å². The van der Waals surface area contributed by atoms with E-state index < -0.39 is 0 Å². The maximum atomic E-state index is 13.0. The molecule has 1 saturated carbocycles. The molecule has 0 aromatic carbocycles. The van der Waals surface area contributed by atoms with Gasteiger partial charge in [0.05, 0.1) is 0 Å². The molecule has 1 heterocycles. The number of rotatable bonds is 5. The SMILES string of the molecule is CC(C)(C)CCC(=O)N[C@H](C(=O)N1CCNCC1)C1CCCCC1. The number of nitrogens with one attached hydrogen (secondary N) is 2. The molecular formula is C19H35N3O2. The van der Waals surface area contributed by atoms with Crippen molar-refractivity contribution in [2.75, 3.05) is 26.2 Å². The lowest BCUT2D eigenvalue weighted by molar-refractivity contribution is -0.139. The van der Waals surface area contributed by atoms with Crippen molar-refractivity contribution in [1.82, 2.24) is 15.5 Å². The molecule has 0 bridgehead atoms. The number of nitrogens with zero attached hydrogens (tertiary/aromatic N) is 1. The Morgan fingerprint density at radius 1 is 1.12 bits per heavy atom. The molecule has 0 spiro atoms. The second-order valence-corrected chi connectivity index (χ2v) is 8.58. The van der Waals surface area contributed by atoms with Gasteiger partial charge in [0.15, 0.2) is 0 Å². The van der Waals surface area contributed by atoms with Crippen molar-refractivity contribution < 1.29 is 9.59 Å². The van der Waals surface area contributed by atoms with Crippen LogP contribution in [0, 0.1) is 11.3 Å². The lowest BCUT2D eigenvalue weighted by Crippen LogP contribution is -2.56. The van der Waals surface area contributed by atoms with Gasteiger partial charge in [0.1, 0.15) is 6.04 Å². The van der Waals surface area contributed by atoms with Crippen LogP contribution in [0.2, 0.25) is 0 Å². The second kappa shape index (κ2) is 8.84. The third kappa shape index (κ3) is 6.08. The number of carbonyl (C=O) groups is 2. The fraction of sp³-hybridized carbons (Fsp3) is 0.895. The molecule has 2 fully saturated rings. The second-order valence-electron chi connectivity index (χ2n) is 8.58. The molecule has 2 aliphatic rings. The fourth-order valence-corrected chi connectivity index (χ4v) is 3.66. The van der Waals surface area contributed by atoms with Crippen LogP contribution in [0.15, 0.2) is 0 Å². The van der Waals surface area contributed by atoms with Crippen molar-refractivity contribution in [2.45, 2.75) is 71.8 Å². The smallest absolute Gasteiger partial charge is 0.245 e. The fourth-order valence-electron chi connectivity index (χ4n) is 3.66. The summed E-state index contributed by atoms with van der Waals surface area (Å²) in [5.41, 5.74) is 0.139. The van der Waals surface area contributed by atoms with Crippen LogP contribution in [0.25, 0.3) is 0 Å². The van der Waals surface area contributed by atoms with Crippen LogP contribution in [0.3, 0.4) is 0 Å². The molecule has 2 N–H and O–H groups in total. The van der Waals surface area contributed by atoms with Gasteiger partial charge in [-0.1, -0.05) is 40.0 Å². The standard InChI is InChI=1S/C19H35N3O2/c1-19(2,3)10-9-16(23)21-17(15-7-5-4-6-8-15)18(24)22-13-11-20-12-14-22/h15,17,20H,4-14H2,1-3H3,(H,21,23)/t17-/m0/s1. The molecule has 2 amide bonds. The van der Waals surface area contributed by atoms with Crippen molar-refractivity contribution in [3.63, 3.8) is 0 Å². The van der Waals surface area contributed by atoms with Crippen LogP contribution >= 0.6 is 0 Å². The summed E-state index contributed by atoms with van der Waals surface area (Å²) in [6.07, 6.45) is 7.06. The van der Waals surface area contributed by atoms with E-state index in [-0.39, 0.29) is 23.3 Å². The van der Waals surface area contributed by atoms with E-state index in [1.807, 2.05) is 4.90 Å². The zero-order valence-electron chi connectivity index (χ0n) is 15.7. The molecule has 1 aliphatic heterocycles. The average Bonchev–Trinajstić information content (AvgIpc) is 2.58. The predicted molar refractivity (Wildman–Crippen MR) is 96.6 cm³/mol. The van der Waals surface area contributed by atoms with Gasteiger partial charge in [0.25, 0.3) is 0 Å². The summed E-state index contributed by atoms with van der Waals surface area (Å²) in [5, 5.41) is 6.39. The zero-order chi connectivity index (χ0) is 17.6. The van der Waals surface area contributed by atoms with Gasteiger partial charge in [-0.25, -0.2) is 0 Å². The summed E-state index contributed by atoms with van der Waals surface area (Å²) in [4.78, 5) is 27.4. The van der Waals surface area contributed by atoms with Crippen LogP contribution in [0.4, 0.5) is 0 Å². The first-order valence-electron chi connectivity index (χ1n) is 9.66. The third-order valence-electron chi connectivity index (χ3n) is 5.23. The van der Waals surface area contributed by atoms with Crippen LogP contribution in [-0.2, 0) is 9.59 Å². The van der Waals surface area contributed by atoms with Gasteiger partial charge in [0.2, 0.25) is 11.8 Å². The Kier molecular flexibility index (Phi) is 7.08. The Bertz CT molecular complexity index is 419. The molecule has 5 nitrogen and oxygen atoms in total. The molecule has 1 aliphatic carbocycles. The minimum Gasteiger partial charge on any atom is -0.344 e. The molecule has 2 rings (SSSR count). The molecule has 1 saturated heterocycles. The van der Waals surface area contributed by atoms with Gasteiger partial charge < -0.3 is 15.5 Å². The highest BCUT2D eigenvalue weighted by molar-refractivity contribution is 5.88. The summed E-state index contributed by atoms with van der Waals surface area (Å²) in [6.45, 7) is 9.63. The predicted octanol–water partition coefficient (Wildman–Crippen LogP) is 2.31. The molecule has 5 heteroatoms. The van der Waals surface area contributed by atoms with Gasteiger partial charge in [-0.2, -0.15) is 0 Å². The average molecular weight is 338 g/mol. The Morgan fingerprint density at radius 3 is 2.33 bits per heavy atom. The Hall–Kier alpha value is -1.10. The van der Waals surface area contributed by atoms with E-state index in [0.29, 0.717) is 12.3 Å². The van der Waals surface area contributed by atoms with E-state index in [9.17, 15) is 9.59 Å². The molecule has 24 heavy (non-hydrogen) atoms. The molecule has 138 valence electrons. The van der Waals surface area contributed by atoms with Crippen LogP contribution < -0.4 is 10.6 Å². The highest BCUT2D eigenvalue weighted by Gasteiger charge is 2.34. The van der Waals surface area contributed by atoms with Crippen LogP contribution in [0.1, 0.15) is 65.7 Å². The molecule has 0 aromatic heterocycles. The molecule has 0 radical (unpaired) electrons. The zero-order valence-corrected chi connectivity index (χ0v) is 15.7. The van der Waals surface area contributed by atoms with Crippen molar-refractivity contribution in [2.24, 2.45) is 11.3 Å². The quantitative estimate of drug-likeness (QED) is 0.809. The van der Waals surface area contributed by atoms with Crippen molar-refractivity contribution in [3.8, 4) is 0 Å². The summed E-state index contributed by atoms with van der Waals surface area (Å²) < 4.78 is 0. The van der Waals surface area contributed by atoms with E-state index in [4.69, 9.17) is 0 Å². The largest absolute Gasteiger partial charge is 0.344 e. The number of carbonyl (C=O) groups excluding carboxylic acids is 2. The lowest BCUT2D eigenvalue weighted by atomic mass is 9.83. The highest BCUT2D eigenvalue weighted by Crippen LogP contribution is 2.28. The minimum atomic E-state index is -0.323. The number of hydrogen-bond acceptors (Lipinski definition) is 3. The van der Waals surface area contributed by atoms with Crippen molar-refractivity contribution in [1.29, 1.82) is 0 Å². The Balaban J connectivity index is 1.98. The summed E-state index contributed by atoms with van der Waals surface area (Å²) in [5.74, 6) is 0.469. The minimum absolute atomic E-state index is 0.0315. The van der Waals surface area contributed by atoms with E-state index in [0.717, 1.165) is 45.4 Å². The van der Waals surface area contributed by atoms with Crippen molar-refractivity contribution in [3.05, 3.63) is 0 Å². The van der Waals surface area contributed by atoms with Gasteiger partial charge in [-0.15, -0.1) is 0 Å². The Labute approximate surface area is 146 Å². The van der Waals surface area contributed by atoms with Gasteiger partial charge in [-0.05, 0) is 30.6 Å². The van der Waals surface area contributed by atoms with Crippen LogP contribution in [0.5, 0.6) is 0 Å². The summed E-state index contributed by atoms with van der Waals surface area (Å²) in [7, 11) is 0. The molecular weight excluding hydrogens is 302 g/mol. The Morgan fingerprint density at radius 2 is 1.75 bits per heavy atom. The van der Waals surface area contributed by atoms with E-state index >= 15 is 0 Å². The highest BCUT2D eigenvalue weighted by atomic mass is 16.2. The summed E-state index contributed by atoms with van der Waals surface area (Å²) >= 11 is 0. The molecule has 1 atom stereocenters. The first kappa shape index (κ1) is 19.2. The monoisotopic (exact) mass is 337 g/mol. The van der Waals surface area contributed by atoms with Gasteiger partial charge in [0, 0.05) is 32.6 Å². The summed E-state index contributed by atoms with van der Waals surface area (Å²) in [6, 6.07) is -0.323. The van der Waals surface area contributed by atoms with E-state index in [2.05, 4.69) is 31.4 Å².